The summed E-state index contributed by atoms with van der Waals surface area (Å²) in [6.07, 6.45) is -3.29. The highest BCUT2D eigenvalue weighted by Crippen LogP contribution is 2.51. The summed E-state index contributed by atoms with van der Waals surface area (Å²) in [6, 6.07) is 2.09. The van der Waals surface area contributed by atoms with Crippen molar-refractivity contribution in [3.63, 3.8) is 0 Å². The average molecular weight is 503 g/mol. The molecule has 7 nitrogen and oxygen atoms in total. The molecule has 2 saturated heterocycles. The van der Waals surface area contributed by atoms with Crippen molar-refractivity contribution >= 4 is 22.7 Å². The molecule has 3 aromatic rings. The molecule has 2 aliphatic rings. The summed E-state index contributed by atoms with van der Waals surface area (Å²) in [5.74, 6) is -3.00. The van der Waals surface area contributed by atoms with Gasteiger partial charge in [0.15, 0.2) is 5.65 Å². The summed E-state index contributed by atoms with van der Waals surface area (Å²) in [5, 5.41) is 3.84. The Kier molecular flexibility index (Phi) is 5.51. The second-order valence-corrected chi connectivity index (χ2v) is 8.88. The van der Waals surface area contributed by atoms with Gasteiger partial charge in [0.25, 0.3) is 12.3 Å². The van der Waals surface area contributed by atoms with Gasteiger partial charge in [-0.3, -0.25) is 0 Å². The van der Waals surface area contributed by atoms with Crippen LogP contribution in [-0.2, 0) is 12.7 Å². The van der Waals surface area contributed by atoms with E-state index in [2.05, 4.69) is 20.1 Å². The number of anilines is 2. The van der Waals surface area contributed by atoms with Crippen LogP contribution < -0.4 is 9.80 Å². The van der Waals surface area contributed by atoms with E-state index in [0.29, 0.717) is 5.69 Å². The predicted octanol–water partition coefficient (Wildman–Crippen LogP) is 4.25. The van der Waals surface area contributed by atoms with E-state index in [1.54, 1.807) is 4.90 Å². The molecule has 0 N–H and O–H groups in total. The van der Waals surface area contributed by atoms with Gasteiger partial charge in [0, 0.05) is 19.6 Å². The van der Waals surface area contributed by atoms with Crippen LogP contribution in [0, 0.1) is 5.41 Å². The third kappa shape index (κ3) is 4.22. The third-order valence-corrected chi connectivity index (χ3v) is 6.75. The quantitative estimate of drug-likeness (QED) is 0.497. The number of pyridine rings is 1. The molecule has 1 atom stereocenters. The van der Waals surface area contributed by atoms with Gasteiger partial charge in [0.2, 0.25) is 0 Å². The molecule has 0 amide bonds. The summed E-state index contributed by atoms with van der Waals surface area (Å²) in [7, 11) is 0. The van der Waals surface area contributed by atoms with Crippen molar-refractivity contribution in [1.82, 2.24) is 24.7 Å². The van der Waals surface area contributed by atoms with E-state index in [9.17, 15) is 22.0 Å². The van der Waals surface area contributed by atoms with E-state index in [4.69, 9.17) is 0 Å². The molecule has 14 heteroatoms. The Labute approximate surface area is 194 Å². The first-order valence-corrected chi connectivity index (χ1v) is 10.9. The Balaban J connectivity index is 1.33. The fraction of sp³-hybridized carbons (Fsp3) is 0.524. The minimum atomic E-state index is -4.58. The van der Waals surface area contributed by atoms with Crippen molar-refractivity contribution < 1.29 is 30.7 Å². The van der Waals surface area contributed by atoms with Crippen molar-refractivity contribution in [3.05, 3.63) is 36.4 Å². The van der Waals surface area contributed by atoms with Gasteiger partial charge in [0.05, 0.1) is 36.2 Å². The molecule has 5 heterocycles. The first kappa shape index (κ1) is 23.5. The van der Waals surface area contributed by atoms with Crippen LogP contribution in [-0.4, -0.2) is 63.3 Å². The Morgan fingerprint density at radius 1 is 0.943 bits per heavy atom. The van der Waals surface area contributed by atoms with Crippen molar-refractivity contribution in [2.45, 2.75) is 37.9 Å². The Hall–Kier alpha value is -3.19. The number of halogens is 7. The van der Waals surface area contributed by atoms with Gasteiger partial charge in [-0.2, -0.15) is 18.3 Å². The van der Waals surface area contributed by atoms with Crippen LogP contribution in [0.4, 0.5) is 42.2 Å². The lowest BCUT2D eigenvalue weighted by molar-refractivity contribution is -0.141. The first-order valence-electron chi connectivity index (χ1n) is 10.9. The molecule has 0 bridgehead atoms. The summed E-state index contributed by atoms with van der Waals surface area (Å²) < 4.78 is 96.0. The van der Waals surface area contributed by atoms with Crippen LogP contribution in [0.3, 0.4) is 0 Å². The van der Waals surface area contributed by atoms with Gasteiger partial charge in [-0.15, -0.1) is 0 Å². The van der Waals surface area contributed by atoms with Gasteiger partial charge in [-0.05, 0) is 25.0 Å². The van der Waals surface area contributed by atoms with Crippen LogP contribution in [0.15, 0.2) is 30.7 Å². The monoisotopic (exact) mass is 503 g/mol. The number of hydrogen-bond acceptors (Lipinski definition) is 6. The summed E-state index contributed by atoms with van der Waals surface area (Å²) in [6.45, 7) is -0.851. The number of rotatable bonds is 4. The van der Waals surface area contributed by atoms with Crippen molar-refractivity contribution in [2.24, 2.45) is 5.41 Å². The normalized spacial score (nSPS) is 22.6. The maximum Gasteiger partial charge on any atom is 0.433 e. The van der Waals surface area contributed by atoms with Gasteiger partial charge in [-0.25, -0.2) is 37.2 Å². The van der Waals surface area contributed by atoms with E-state index in [-0.39, 0.29) is 49.5 Å². The highest BCUT2D eigenvalue weighted by molar-refractivity contribution is 5.71. The second kappa shape index (κ2) is 8.19. The maximum absolute atomic E-state index is 15.5. The Bertz CT molecular complexity index is 1210. The molecule has 188 valence electrons. The number of aromatic nitrogens is 5. The van der Waals surface area contributed by atoms with Crippen molar-refractivity contribution in [1.29, 1.82) is 0 Å². The molecule has 35 heavy (non-hydrogen) atoms. The molecule has 0 saturated carbocycles. The minimum Gasteiger partial charge on any atom is -0.369 e. The lowest BCUT2D eigenvalue weighted by Gasteiger charge is -2.45. The van der Waals surface area contributed by atoms with Crippen LogP contribution in [0.5, 0.6) is 0 Å². The molecule has 5 rings (SSSR count). The topological polar surface area (TPSA) is 63.0 Å². The van der Waals surface area contributed by atoms with Crippen LogP contribution >= 0.6 is 0 Å². The van der Waals surface area contributed by atoms with Gasteiger partial charge in [0.1, 0.15) is 23.6 Å². The Morgan fingerprint density at radius 2 is 1.69 bits per heavy atom. The highest BCUT2D eigenvalue weighted by Gasteiger charge is 2.59. The molecule has 0 aliphatic carbocycles. The molecular weight excluding hydrogens is 483 g/mol. The van der Waals surface area contributed by atoms with E-state index < -0.39 is 42.7 Å². The SMILES string of the molecule is FC(F)Cn1ncc2ncc(N3CCC4(CCN(c5ccc(C(F)(F)F)nc5)C4)C(F)(F)C3)nc21. The molecule has 1 unspecified atom stereocenters. The molecule has 0 aromatic carbocycles. The Morgan fingerprint density at radius 3 is 2.34 bits per heavy atom. The summed E-state index contributed by atoms with van der Waals surface area (Å²) in [4.78, 5) is 14.8. The molecule has 1 spiro atoms. The summed E-state index contributed by atoms with van der Waals surface area (Å²) in [5.41, 5.74) is -1.67. The number of fused-ring (bicyclic) bond motifs is 1. The van der Waals surface area contributed by atoms with Gasteiger partial charge >= 0.3 is 6.18 Å². The number of alkyl halides is 7. The lowest BCUT2D eigenvalue weighted by atomic mass is 9.74. The lowest BCUT2D eigenvalue weighted by Crippen LogP contribution is -2.57. The largest absolute Gasteiger partial charge is 0.433 e. The number of hydrogen-bond donors (Lipinski definition) is 0. The average Bonchev–Trinajstić information content (AvgIpc) is 3.40. The molecule has 3 aromatic heterocycles. The smallest absolute Gasteiger partial charge is 0.369 e. The summed E-state index contributed by atoms with van der Waals surface area (Å²) >= 11 is 0. The van der Waals surface area contributed by atoms with Gasteiger partial charge in [-0.1, -0.05) is 0 Å². The van der Waals surface area contributed by atoms with Crippen LogP contribution in [0.1, 0.15) is 18.5 Å². The first-order chi connectivity index (χ1) is 16.5. The van der Waals surface area contributed by atoms with Crippen LogP contribution in [0.2, 0.25) is 0 Å². The third-order valence-electron chi connectivity index (χ3n) is 6.75. The maximum atomic E-state index is 15.5. The van der Waals surface area contributed by atoms with Crippen molar-refractivity contribution in [3.8, 4) is 0 Å². The zero-order chi connectivity index (χ0) is 25.0. The standard InChI is InChI=1S/C21H20F7N7/c22-16(23)10-35-18-14(8-31-35)29-9-17(32-18)34-6-4-19(20(24,25)12-34)3-5-33(11-19)13-1-2-15(30-7-13)21(26,27)28/h1-2,7-9,16H,3-6,10-12H2. The number of nitrogens with zero attached hydrogens (tertiary/aromatic N) is 7. The second-order valence-electron chi connectivity index (χ2n) is 8.88. The van der Waals surface area contributed by atoms with Gasteiger partial charge < -0.3 is 9.80 Å². The van der Waals surface area contributed by atoms with E-state index in [1.165, 1.54) is 23.4 Å². The van der Waals surface area contributed by atoms with Crippen molar-refractivity contribution in [2.75, 3.05) is 36.0 Å². The van der Waals surface area contributed by atoms with E-state index >= 15 is 8.78 Å². The zero-order valence-corrected chi connectivity index (χ0v) is 18.2. The molecule has 2 fully saturated rings. The number of piperidine rings is 1. The van der Waals surface area contributed by atoms with Crippen LogP contribution in [0.25, 0.3) is 11.2 Å². The molecule has 0 radical (unpaired) electrons. The zero-order valence-electron chi connectivity index (χ0n) is 18.2. The fourth-order valence-electron chi connectivity index (χ4n) is 4.81. The fourth-order valence-corrected chi connectivity index (χ4v) is 4.81. The highest BCUT2D eigenvalue weighted by atomic mass is 19.4. The van der Waals surface area contributed by atoms with E-state index in [1.807, 2.05) is 0 Å². The molecular formula is C21H20F7N7. The minimum absolute atomic E-state index is 0.0211. The van der Waals surface area contributed by atoms with E-state index in [0.717, 1.165) is 16.9 Å². The molecule has 2 aliphatic heterocycles. The predicted molar refractivity (Wildman–Crippen MR) is 112 cm³/mol.